The number of nitrogens with one attached hydrogen (secondary N) is 1. The zero-order valence-electron chi connectivity index (χ0n) is 15.6. The summed E-state index contributed by atoms with van der Waals surface area (Å²) in [6.07, 6.45) is 9.26. The van der Waals surface area contributed by atoms with Gasteiger partial charge < -0.3 is 5.32 Å². The molecule has 0 radical (unpaired) electrons. The molecule has 2 heterocycles. The van der Waals surface area contributed by atoms with E-state index in [0.717, 1.165) is 42.3 Å². The Morgan fingerprint density at radius 2 is 2.12 bits per heavy atom. The normalized spacial score (nSPS) is 25.8. The Hall–Kier alpha value is -1.69. The first-order valence-electron chi connectivity index (χ1n) is 9.82. The molecule has 4 rings (SSSR count). The number of thiophene rings is 1. The van der Waals surface area contributed by atoms with Gasteiger partial charge in [0.25, 0.3) is 5.56 Å². The lowest BCUT2D eigenvalue weighted by Gasteiger charge is -2.29. The minimum absolute atomic E-state index is 0.0612. The van der Waals surface area contributed by atoms with Crippen LogP contribution in [0.1, 0.15) is 56.4 Å². The van der Waals surface area contributed by atoms with Gasteiger partial charge in [-0.2, -0.15) is 0 Å². The van der Waals surface area contributed by atoms with E-state index in [-0.39, 0.29) is 24.1 Å². The summed E-state index contributed by atoms with van der Waals surface area (Å²) in [5.41, 5.74) is 1.12. The number of fused-ring (bicyclic) bond motifs is 3. The minimum Gasteiger partial charge on any atom is -0.352 e. The molecule has 0 aromatic carbocycles. The number of amides is 1. The van der Waals surface area contributed by atoms with E-state index < -0.39 is 0 Å². The first-order chi connectivity index (χ1) is 12.5. The van der Waals surface area contributed by atoms with Gasteiger partial charge in [0, 0.05) is 10.9 Å². The molecule has 0 bridgehead atoms. The summed E-state index contributed by atoms with van der Waals surface area (Å²) in [6, 6.07) is 0.235. The molecule has 140 valence electrons. The van der Waals surface area contributed by atoms with Crippen LogP contribution in [0, 0.1) is 11.8 Å². The maximum atomic E-state index is 13.0. The molecule has 0 spiro atoms. The van der Waals surface area contributed by atoms with Gasteiger partial charge in [0.05, 0.1) is 11.7 Å². The van der Waals surface area contributed by atoms with Crippen LogP contribution in [0.3, 0.4) is 0 Å². The number of hydrogen-bond donors (Lipinski definition) is 1. The smallest absolute Gasteiger partial charge is 0.262 e. The lowest BCUT2D eigenvalue weighted by atomic mass is 9.86. The molecule has 2 aliphatic rings. The van der Waals surface area contributed by atoms with Crippen molar-refractivity contribution in [1.29, 1.82) is 0 Å². The topological polar surface area (TPSA) is 64.0 Å². The van der Waals surface area contributed by atoms with Crippen molar-refractivity contribution in [2.45, 2.75) is 71.4 Å². The summed E-state index contributed by atoms with van der Waals surface area (Å²) in [5.74, 6) is 1.10. The van der Waals surface area contributed by atoms with E-state index >= 15 is 0 Å². The van der Waals surface area contributed by atoms with Crippen LogP contribution in [0.15, 0.2) is 11.1 Å². The predicted octanol–water partition coefficient (Wildman–Crippen LogP) is 3.28. The Kier molecular flexibility index (Phi) is 4.86. The number of aryl methyl sites for hydroxylation is 1. The molecule has 1 fully saturated rings. The van der Waals surface area contributed by atoms with Crippen LogP contribution in [-0.2, 0) is 24.2 Å². The van der Waals surface area contributed by atoms with E-state index in [1.54, 1.807) is 17.7 Å². The summed E-state index contributed by atoms with van der Waals surface area (Å²) in [5, 5.41) is 3.88. The maximum Gasteiger partial charge on any atom is 0.262 e. The number of carbonyl (C=O) groups excluding carboxylic acids is 1. The maximum absolute atomic E-state index is 13.0. The van der Waals surface area contributed by atoms with E-state index in [2.05, 4.69) is 24.1 Å². The van der Waals surface area contributed by atoms with Crippen molar-refractivity contribution < 1.29 is 4.79 Å². The number of aromatic nitrogens is 2. The SMILES string of the molecule is CC1CCc2c(sc3ncn(CC(=O)NC4CCCCC4C)c(=O)c23)C1. The van der Waals surface area contributed by atoms with Crippen molar-refractivity contribution in [3.63, 3.8) is 0 Å². The number of carbonyl (C=O) groups is 1. The van der Waals surface area contributed by atoms with Crippen molar-refractivity contribution in [2.75, 3.05) is 0 Å². The molecule has 1 N–H and O–H groups in total. The second-order valence-electron chi connectivity index (χ2n) is 8.15. The average Bonchev–Trinajstić information content (AvgIpc) is 2.97. The molecule has 5 nitrogen and oxygen atoms in total. The lowest BCUT2D eigenvalue weighted by molar-refractivity contribution is -0.123. The number of nitrogens with zero attached hydrogens (tertiary/aromatic N) is 2. The van der Waals surface area contributed by atoms with Gasteiger partial charge in [-0.15, -0.1) is 11.3 Å². The molecule has 1 saturated carbocycles. The Morgan fingerprint density at radius 3 is 2.92 bits per heavy atom. The highest BCUT2D eigenvalue weighted by Crippen LogP contribution is 2.35. The fourth-order valence-electron chi connectivity index (χ4n) is 4.42. The summed E-state index contributed by atoms with van der Waals surface area (Å²) < 4.78 is 1.48. The Balaban J connectivity index is 1.56. The lowest BCUT2D eigenvalue weighted by Crippen LogP contribution is -2.43. The van der Waals surface area contributed by atoms with Crippen LogP contribution in [0.2, 0.25) is 0 Å². The molecular formula is C20H27N3O2S. The summed E-state index contributed by atoms with van der Waals surface area (Å²) in [4.78, 5) is 32.1. The molecule has 26 heavy (non-hydrogen) atoms. The molecule has 2 aromatic rings. The predicted molar refractivity (Wildman–Crippen MR) is 105 cm³/mol. The molecule has 3 atom stereocenters. The molecule has 3 unspecified atom stereocenters. The van der Waals surface area contributed by atoms with E-state index in [4.69, 9.17) is 0 Å². The van der Waals surface area contributed by atoms with E-state index in [1.807, 2.05) is 0 Å². The first kappa shape index (κ1) is 17.7. The second-order valence-corrected chi connectivity index (χ2v) is 9.23. The Bertz CT molecular complexity index is 885. The van der Waals surface area contributed by atoms with Gasteiger partial charge in [-0.05, 0) is 49.5 Å². The molecule has 0 aliphatic heterocycles. The van der Waals surface area contributed by atoms with E-state index in [9.17, 15) is 9.59 Å². The number of rotatable bonds is 3. The summed E-state index contributed by atoms with van der Waals surface area (Å²) in [7, 11) is 0. The van der Waals surface area contributed by atoms with Crippen LogP contribution in [-0.4, -0.2) is 21.5 Å². The molecule has 2 aromatic heterocycles. The van der Waals surface area contributed by atoms with Gasteiger partial charge >= 0.3 is 0 Å². The van der Waals surface area contributed by atoms with Crippen molar-refractivity contribution in [3.8, 4) is 0 Å². The molecule has 6 heteroatoms. The molecule has 0 saturated heterocycles. The van der Waals surface area contributed by atoms with Crippen molar-refractivity contribution >= 4 is 27.5 Å². The van der Waals surface area contributed by atoms with Crippen LogP contribution >= 0.6 is 11.3 Å². The third-order valence-electron chi connectivity index (χ3n) is 6.05. The Morgan fingerprint density at radius 1 is 1.31 bits per heavy atom. The summed E-state index contributed by atoms with van der Waals surface area (Å²) in [6.45, 7) is 4.52. The van der Waals surface area contributed by atoms with Crippen molar-refractivity contribution in [2.24, 2.45) is 11.8 Å². The van der Waals surface area contributed by atoms with Gasteiger partial charge in [0.15, 0.2) is 0 Å². The third-order valence-corrected chi connectivity index (χ3v) is 7.22. The van der Waals surface area contributed by atoms with E-state index in [0.29, 0.717) is 11.8 Å². The van der Waals surface area contributed by atoms with Crippen molar-refractivity contribution in [1.82, 2.24) is 14.9 Å². The van der Waals surface area contributed by atoms with Crippen LogP contribution in [0.25, 0.3) is 10.2 Å². The fourth-order valence-corrected chi connectivity index (χ4v) is 5.76. The van der Waals surface area contributed by atoms with Crippen molar-refractivity contribution in [3.05, 3.63) is 27.1 Å². The minimum atomic E-state index is -0.0790. The molecule has 2 aliphatic carbocycles. The highest BCUT2D eigenvalue weighted by molar-refractivity contribution is 7.18. The van der Waals surface area contributed by atoms with Gasteiger partial charge in [0.1, 0.15) is 11.4 Å². The zero-order chi connectivity index (χ0) is 18.3. The largest absolute Gasteiger partial charge is 0.352 e. The van der Waals surface area contributed by atoms with Gasteiger partial charge in [-0.1, -0.05) is 26.7 Å². The third kappa shape index (κ3) is 3.31. The standard InChI is InChI=1S/C20H27N3O2S/c1-12-7-8-14-16(9-12)26-19-18(14)20(25)23(11-21-19)10-17(24)22-15-6-4-3-5-13(15)2/h11-13,15H,3-10H2,1-2H3,(H,22,24). The van der Waals surface area contributed by atoms with E-state index in [1.165, 1.54) is 27.8 Å². The zero-order valence-corrected chi connectivity index (χ0v) is 16.4. The summed E-state index contributed by atoms with van der Waals surface area (Å²) >= 11 is 1.65. The van der Waals surface area contributed by atoms with Crippen LogP contribution < -0.4 is 10.9 Å². The highest BCUT2D eigenvalue weighted by atomic mass is 32.1. The van der Waals surface area contributed by atoms with Gasteiger partial charge in [0.2, 0.25) is 5.91 Å². The van der Waals surface area contributed by atoms with Gasteiger partial charge in [-0.25, -0.2) is 4.98 Å². The van der Waals surface area contributed by atoms with Crippen LogP contribution in [0.5, 0.6) is 0 Å². The Labute approximate surface area is 157 Å². The second kappa shape index (κ2) is 7.14. The fraction of sp³-hybridized carbons (Fsp3) is 0.650. The van der Waals surface area contributed by atoms with Crippen LogP contribution in [0.4, 0.5) is 0 Å². The molecular weight excluding hydrogens is 346 g/mol. The van der Waals surface area contributed by atoms with Gasteiger partial charge in [-0.3, -0.25) is 14.2 Å². The highest BCUT2D eigenvalue weighted by Gasteiger charge is 2.25. The number of hydrogen-bond acceptors (Lipinski definition) is 4. The average molecular weight is 374 g/mol. The monoisotopic (exact) mass is 373 g/mol. The molecule has 1 amide bonds. The first-order valence-corrected chi connectivity index (χ1v) is 10.6. The quantitative estimate of drug-likeness (QED) is 0.898.